The van der Waals surface area contributed by atoms with Crippen molar-refractivity contribution in [2.75, 3.05) is 6.54 Å². The second-order valence-electron chi connectivity index (χ2n) is 7.66. The molecule has 0 spiro atoms. The van der Waals surface area contributed by atoms with Crippen LogP contribution in [0.1, 0.15) is 39.4 Å². The predicted octanol–water partition coefficient (Wildman–Crippen LogP) is 5.38. The number of hydrogen-bond donors (Lipinski definition) is 1. The Balaban J connectivity index is 1.69. The summed E-state index contributed by atoms with van der Waals surface area (Å²) in [5, 5.41) is 12.0. The Labute approximate surface area is 193 Å². The molecule has 0 bridgehead atoms. The van der Waals surface area contributed by atoms with Gasteiger partial charge in [-0.15, -0.1) is 0 Å². The lowest BCUT2D eigenvalue weighted by Crippen LogP contribution is -2.33. The second-order valence-corrected chi connectivity index (χ2v) is 8.53. The van der Waals surface area contributed by atoms with Crippen molar-refractivity contribution in [3.05, 3.63) is 116 Å². The van der Waals surface area contributed by atoms with E-state index in [1.165, 1.54) is 11.0 Å². The van der Waals surface area contributed by atoms with E-state index in [4.69, 9.17) is 27.6 Å². The molecule has 1 aliphatic heterocycles. The molecule has 1 aromatic heterocycles. The molecule has 32 heavy (non-hydrogen) atoms. The zero-order valence-corrected chi connectivity index (χ0v) is 18.2. The minimum absolute atomic E-state index is 0.0270. The van der Waals surface area contributed by atoms with E-state index in [-0.39, 0.29) is 28.9 Å². The number of aliphatic hydroxyl groups excluding tert-OH is 1. The maximum atomic E-state index is 13.5. The van der Waals surface area contributed by atoms with E-state index in [9.17, 15) is 14.7 Å². The van der Waals surface area contributed by atoms with Gasteiger partial charge in [0.25, 0.3) is 5.91 Å². The third kappa shape index (κ3) is 3.48. The highest BCUT2D eigenvalue weighted by atomic mass is 35.5. The molecule has 0 saturated carbocycles. The molecule has 3 aromatic carbocycles. The van der Waals surface area contributed by atoms with E-state index in [0.29, 0.717) is 26.6 Å². The van der Waals surface area contributed by atoms with Gasteiger partial charge in [0.15, 0.2) is 5.43 Å². The van der Waals surface area contributed by atoms with Crippen LogP contribution in [0.4, 0.5) is 0 Å². The number of aliphatic hydroxyl groups is 1. The summed E-state index contributed by atoms with van der Waals surface area (Å²) in [5.74, 6) is -0.496. The van der Waals surface area contributed by atoms with Crippen LogP contribution in [-0.4, -0.2) is 22.5 Å². The Hall–Kier alpha value is -3.12. The summed E-state index contributed by atoms with van der Waals surface area (Å²) in [6, 6.07) is 20.0. The minimum Gasteiger partial charge on any atom is -0.450 e. The van der Waals surface area contributed by atoms with Crippen molar-refractivity contribution >= 4 is 40.1 Å². The number of benzene rings is 3. The summed E-state index contributed by atoms with van der Waals surface area (Å²) < 4.78 is 5.89. The van der Waals surface area contributed by atoms with E-state index >= 15 is 0 Å². The van der Waals surface area contributed by atoms with Crippen molar-refractivity contribution in [3.8, 4) is 0 Å². The maximum absolute atomic E-state index is 13.5. The molecule has 1 aliphatic rings. The summed E-state index contributed by atoms with van der Waals surface area (Å²) in [6.07, 6.45) is -0.949. The van der Waals surface area contributed by atoms with Gasteiger partial charge in [0.2, 0.25) is 5.76 Å². The Morgan fingerprint density at radius 2 is 1.69 bits per heavy atom. The summed E-state index contributed by atoms with van der Waals surface area (Å²) in [4.78, 5) is 28.4. The van der Waals surface area contributed by atoms with Crippen LogP contribution in [0.15, 0.2) is 82.0 Å². The lowest BCUT2D eigenvalue weighted by molar-refractivity contribution is 0.0583. The number of nitrogens with zero attached hydrogens (tertiary/aromatic N) is 1. The molecular formula is C25H17Cl2NO4. The zero-order valence-electron chi connectivity index (χ0n) is 16.7. The van der Waals surface area contributed by atoms with Gasteiger partial charge in [-0.25, -0.2) is 0 Å². The standard InChI is InChI=1S/C25H17Cl2NO4/c26-16-8-4-7-15(11-16)22-21-23(30)18-12-17(27)9-10-20(18)32-24(21)25(31)28(22)13-19(29)14-5-2-1-3-6-14/h1-12,19,22,29H,13H2/t19-,22-/m1/s1. The number of hydrogen-bond acceptors (Lipinski definition) is 4. The summed E-state index contributed by atoms with van der Waals surface area (Å²) >= 11 is 12.3. The lowest BCUT2D eigenvalue weighted by atomic mass is 9.98. The molecule has 2 heterocycles. The number of amides is 1. The summed E-state index contributed by atoms with van der Waals surface area (Å²) in [7, 11) is 0. The molecule has 4 aromatic rings. The first-order valence-electron chi connectivity index (χ1n) is 10.00. The average molecular weight is 466 g/mol. The van der Waals surface area contributed by atoms with Gasteiger partial charge in [-0.3, -0.25) is 9.59 Å². The summed E-state index contributed by atoms with van der Waals surface area (Å²) in [6.45, 7) is -0.0270. The molecule has 1 amide bonds. The average Bonchev–Trinajstić information content (AvgIpc) is 3.07. The molecule has 5 nitrogen and oxygen atoms in total. The Morgan fingerprint density at radius 3 is 2.44 bits per heavy atom. The Bertz CT molecular complexity index is 1400. The van der Waals surface area contributed by atoms with Crippen molar-refractivity contribution in [1.29, 1.82) is 0 Å². The second kappa shape index (κ2) is 8.10. The van der Waals surface area contributed by atoms with Crippen LogP contribution in [0, 0.1) is 0 Å². The number of carbonyl (C=O) groups excluding carboxylic acids is 1. The van der Waals surface area contributed by atoms with Crippen LogP contribution in [0.3, 0.4) is 0 Å². The molecule has 0 aliphatic carbocycles. The van der Waals surface area contributed by atoms with Gasteiger partial charge in [-0.1, -0.05) is 65.7 Å². The fraction of sp³-hybridized carbons (Fsp3) is 0.120. The van der Waals surface area contributed by atoms with Crippen molar-refractivity contribution in [2.24, 2.45) is 0 Å². The van der Waals surface area contributed by atoms with Gasteiger partial charge in [0.05, 0.1) is 29.6 Å². The third-order valence-corrected chi connectivity index (χ3v) is 6.12. The molecule has 2 atom stereocenters. The third-order valence-electron chi connectivity index (χ3n) is 5.65. The smallest absolute Gasteiger partial charge is 0.291 e. The highest BCUT2D eigenvalue weighted by Gasteiger charge is 2.43. The van der Waals surface area contributed by atoms with E-state index in [1.807, 2.05) is 18.2 Å². The molecule has 160 valence electrons. The van der Waals surface area contributed by atoms with E-state index in [0.717, 1.165) is 0 Å². The Kier molecular flexibility index (Phi) is 5.25. The van der Waals surface area contributed by atoms with Crippen LogP contribution < -0.4 is 5.43 Å². The molecule has 0 unspecified atom stereocenters. The molecule has 7 heteroatoms. The number of carbonyl (C=O) groups is 1. The van der Waals surface area contributed by atoms with Crippen molar-refractivity contribution < 1.29 is 14.3 Å². The maximum Gasteiger partial charge on any atom is 0.291 e. The first-order valence-corrected chi connectivity index (χ1v) is 10.8. The van der Waals surface area contributed by atoms with Gasteiger partial charge in [-0.05, 0) is 41.5 Å². The Morgan fingerprint density at radius 1 is 0.938 bits per heavy atom. The zero-order chi connectivity index (χ0) is 22.4. The monoisotopic (exact) mass is 465 g/mol. The topological polar surface area (TPSA) is 70.8 Å². The molecular weight excluding hydrogens is 449 g/mol. The van der Waals surface area contributed by atoms with Crippen molar-refractivity contribution in [2.45, 2.75) is 12.1 Å². The molecule has 5 rings (SSSR count). The van der Waals surface area contributed by atoms with Crippen LogP contribution in [-0.2, 0) is 0 Å². The molecule has 0 fully saturated rings. The van der Waals surface area contributed by atoms with E-state index in [1.54, 1.807) is 48.5 Å². The fourth-order valence-electron chi connectivity index (χ4n) is 4.17. The summed E-state index contributed by atoms with van der Waals surface area (Å²) in [5.41, 5.74) is 1.48. The predicted molar refractivity (Wildman–Crippen MR) is 123 cm³/mol. The van der Waals surface area contributed by atoms with Gasteiger partial charge >= 0.3 is 0 Å². The highest BCUT2D eigenvalue weighted by molar-refractivity contribution is 6.31. The largest absolute Gasteiger partial charge is 0.450 e. The van der Waals surface area contributed by atoms with Crippen LogP contribution in [0.25, 0.3) is 11.0 Å². The fourth-order valence-corrected chi connectivity index (χ4v) is 4.54. The van der Waals surface area contributed by atoms with Gasteiger partial charge in [-0.2, -0.15) is 0 Å². The number of rotatable bonds is 4. The first kappa shape index (κ1) is 20.8. The van der Waals surface area contributed by atoms with Gasteiger partial charge in [0.1, 0.15) is 5.58 Å². The van der Waals surface area contributed by atoms with Crippen LogP contribution in [0.2, 0.25) is 10.0 Å². The van der Waals surface area contributed by atoms with E-state index < -0.39 is 18.1 Å². The van der Waals surface area contributed by atoms with E-state index in [2.05, 4.69) is 0 Å². The number of halogens is 2. The van der Waals surface area contributed by atoms with Crippen LogP contribution >= 0.6 is 23.2 Å². The quantitative estimate of drug-likeness (QED) is 0.439. The van der Waals surface area contributed by atoms with Crippen LogP contribution in [0.5, 0.6) is 0 Å². The van der Waals surface area contributed by atoms with Gasteiger partial charge < -0.3 is 14.4 Å². The van der Waals surface area contributed by atoms with Crippen molar-refractivity contribution in [3.63, 3.8) is 0 Å². The molecule has 1 N–H and O–H groups in total. The number of fused-ring (bicyclic) bond motifs is 2. The molecule has 0 saturated heterocycles. The van der Waals surface area contributed by atoms with Gasteiger partial charge in [0, 0.05) is 10.0 Å². The normalized spacial score (nSPS) is 16.4. The first-order chi connectivity index (χ1) is 15.4. The number of β-amino-alcohol motifs (C(OH)–C–C–N with tert-alkyl or cyclic N) is 1. The minimum atomic E-state index is -0.949. The molecule has 0 radical (unpaired) electrons. The van der Waals surface area contributed by atoms with Crippen molar-refractivity contribution in [1.82, 2.24) is 4.90 Å². The lowest BCUT2D eigenvalue weighted by Gasteiger charge is -2.27. The SMILES string of the molecule is O=C1c2oc3ccc(Cl)cc3c(=O)c2[C@@H](c2cccc(Cl)c2)N1C[C@@H](O)c1ccccc1. The highest BCUT2D eigenvalue weighted by Crippen LogP contribution is 2.40.